The molecule has 0 radical (unpaired) electrons. The molecule has 0 aromatic rings. The van der Waals surface area contributed by atoms with Crippen molar-refractivity contribution in [2.24, 2.45) is 0 Å². The molecular formula is C7H16NO2+. The van der Waals surface area contributed by atoms with E-state index in [0.717, 1.165) is 10.6 Å². The van der Waals surface area contributed by atoms with Gasteiger partial charge in [-0.25, -0.2) is 4.79 Å². The Morgan fingerprint density at radius 1 is 1.40 bits per heavy atom. The molecule has 0 spiro atoms. The lowest BCUT2D eigenvalue weighted by atomic mass is 10.7. The van der Waals surface area contributed by atoms with E-state index in [1.807, 2.05) is 0 Å². The maximum Gasteiger partial charge on any atom is 0.327 e. The second-order valence-corrected chi connectivity index (χ2v) is 3.23. The largest absolute Gasteiger partial charge is 0.478 e. The molecule has 0 aromatic carbocycles. The van der Waals surface area contributed by atoms with Gasteiger partial charge in [-0.15, -0.1) is 0 Å². The van der Waals surface area contributed by atoms with Crippen LogP contribution in [0.15, 0.2) is 12.7 Å². The highest BCUT2D eigenvalue weighted by atomic mass is 16.4. The minimum atomic E-state index is -0.981. The molecule has 0 bridgehead atoms. The van der Waals surface area contributed by atoms with Crippen LogP contribution in [-0.2, 0) is 4.79 Å². The van der Waals surface area contributed by atoms with Crippen LogP contribution < -0.4 is 0 Å². The molecule has 0 fully saturated rings. The summed E-state index contributed by atoms with van der Waals surface area (Å²) in [5, 5.41) is 7.60. The standard InChI is InChI=1S/C4H12N.C3H4O2/c1-5(2,3)4;1-2-3(4)5/h1-4H3;2H,1H2,(H,4,5)/q+1;. The second-order valence-electron chi connectivity index (χ2n) is 3.23. The van der Waals surface area contributed by atoms with Crippen LogP contribution in [0.3, 0.4) is 0 Å². The average Bonchev–Trinajstić information content (AvgIpc) is 1.61. The van der Waals surface area contributed by atoms with Crippen LogP contribution >= 0.6 is 0 Å². The van der Waals surface area contributed by atoms with Crippen molar-refractivity contribution in [3.63, 3.8) is 0 Å². The van der Waals surface area contributed by atoms with Crippen molar-refractivity contribution in [1.29, 1.82) is 0 Å². The lowest BCUT2D eigenvalue weighted by Crippen LogP contribution is -2.27. The summed E-state index contributed by atoms with van der Waals surface area (Å²) in [5.41, 5.74) is 0. The van der Waals surface area contributed by atoms with Crippen molar-refractivity contribution in [3.8, 4) is 0 Å². The number of hydrogen-bond donors (Lipinski definition) is 1. The SMILES string of the molecule is C=CC(=O)O.C[N+](C)(C)C. The Hall–Kier alpha value is -0.830. The molecule has 0 aliphatic heterocycles. The maximum absolute atomic E-state index is 9.25. The predicted molar refractivity (Wildman–Crippen MR) is 41.8 cm³/mol. The molecule has 0 amide bonds. The van der Waals surface area contributed by atoms with Crippen LogP contribution in [0.5, 0.6) is 0 Å². The Balaban J connectivity index is 0. The maximum atomic E-state index is 9.25. The second kappa shape index (κ2) is 4.99. The van der Waals surface area contributed by atoms with Crippen LogP contribution in [-0.4, -0.2) is 43.7 Å². The minimum Gasteiger partial charge on any atom is -0.478 e. The number of quaternary nitrogens is 1. The lowest BCUT2D eigenvalue weighted by Gasteiger charge is -2.14. The summed E-state index contributed by atoms with van der Waals surface area (Å²) in [6, 6.07) is 0. The zero-order valence-corrected chi connectivity index (χ0v) is 7.09. The van der Waals surface area contributed by atoms with Crippen molar-refractivity contribution in [3.05, 3.63) is 12.7 Å². The summed E-state index contributed by atoms with van der Waals surface area (Å²) in [5.74, 6) is -0.981. The molecule has 60 valence electrons. The molecule has 10 heavy (non-hydrogen) atoms. The smallest absolute Gasteiger partial charge is 0.327 e. The predicted octanol–water partition coefficient (Wildman–Crippen LogP) is 0.579. The zero-order valence-electron chi connectivity index (χ0n) is 7.09. The van der Waals surface area contributed by atoms with Crippen molar-refractivity contribution in [2.45, 2.75) is 0 Å². The molecule has 0 saturated heterocycles. The van der Waals surface area contributed by atoms with Crippen molar-refractivity contribution >= 4 is 5.97 Å². The monoisotopic (exact) mass is 146 g/mol. The van der Waals surface area contributed by atoms with E-state index in [2.05, 4.69) is 34.8 Å². The lowest BCUT2D eigenvalue weighted by molar-refractivity contribution is -0.849. The summed E-state index contributed by atoms with van der Waals surface area (Å²) in [4.78, 5) is 9.25. The van der Waals surface area contributed by atoms with Crippen LogP contribution in [0.25, 0.3) is 0 Å². The highest BCUT2D eigenvalue weighted by Crippen LogP contribution is 1.73. The molecule has 0 saturated carbocycles. The van der Waals surface area contributed by atoms with Gasteiger partial charge in [-0.05, 0) is 0 Å². The topological polar surface area (TPSA) is 37.3 Å². The van der Waals surface area contributed by atoms with Gasteiger partial charge in [0.1, 0.15) is 0 Å². The molecule has 3 heteroatoms. The van der Waals surface area contributed by atoms with Gasteiger partial charge < -0.3 is 9.59 Å². The fraction of sp³-hybridized carbons (Fsp3) is 0.571. The van der Waals surface area contributed by atoms with E-state index >= 15 is 0 Å². The Bertz CT molecular complexity index is 107. The number of aliphatic carboxylic acids is 1. The third-order valence-corrected chi connectivity index (χ3v) is 0.175. The molecule has 0 atom stereocenters. The first kappa shape index (κ1) is 11.9. The first-order chi connectivity index (χ1) is 4.27. The number of rotatable bonds is 1. The van der Waals surface area contributed by atoms with E-state index < -0.39 is 5.97 Å². The minimum absolute atomic E-state index is 0.833. The Labute approximate surface area is 62.2 Å². The fourth-order valence-corrected chi connectivity index (χ4v) is 0. The molecule has 0 aliphatic carbocycles. The van der Waals surface area contributed by atoms with E-state index in [1.54, 1.807) is 0 Å². The Kier molecular flexibility index (Phi) is 5.95. The van der Waals surface area contributed by atoms with Crippen LogP contribution in [0.1, 0.15) is 0 Å². The van der Waals surface area contributed by atoms with Gasteiger partial charge in [-0.1, -0.05) is 6.58 Å². The summed E-state index contributed by atoms with van der Waals surface area (Å²) < 4.78 is 1.00. The number of carbonyl (C=O) groups is 1. The van der Waals surface area contributed by atoms with Crippen molar-refractivity contribution in [2.75, 3.05) is 28.2 Å². The van der Waals surface area contributed by atoms with Crippen molar-refractivity contribution in [1.82, 2.24) is 0 Å². The summed E-state index contributed by atoms with van der Waals surface area (Å²) in [6.07, 6.45) is 0.833. The van der Waals surface area contributed by atoms with E-state index in [-0.39, 0.29) is 0 Å². The van der Waals surface area contributed by atoms with Gasteiger partial charge in [0.15, 0.2) is 0 Å². The van der Waals surface area contributed by atoms with Gasteiger partial charge in [0, 0.05) is 6.08 Å². The highest BCUT2D eigenvalue weighted by molar-refractivity contribution is 5.78. The van der Waals surface area contributed by atoms with Gasteiger partial charge in [0.2, 0.25) is 0 Å². The third kappa shape index (κ3) is 199. The van der Waals surface area contributed by atoms with Gasteiger partial charge in [0.25, 0.3) is 0 Å². The average molecular weight is 146 g/mol. The number of carboxylic acid groups (broad SMARTS) is 1. The summed E-state index contributed by atoms with van der Waals surface area (Å²) in [7, 11) is 8.50. The summed E-state index contributed by atoms with van der Waals surface area (Å²) in [6.45, 7) is 2.96. The van der Waals surface area contributed by atoms with E-state index in [9.17, 15) is 4.79 Å². The molecule has 0 aromatic heterocycles. The van der Waals surface area contributed by atoms with Gasteiger partial charge in [0.05, 0.1) is 28.2 Å². The molecule has 0 aliphatic rings. The number of hydrogen-bond acceptors (Lipinski definition) is 1. The molecule has 3 nitrogen and oxygen atoms in total. The fourth-order valence-electron chi connectivity index (χ4n) is 0. The molecule has 0 heterocycles. The first-order valence-corrected chi connectivity index (χ1v) is 2.91. The molecule has 0 rings (SSSR count). The normalized spacial score (nSPS) is 9.20. The Morgan fingerprint density at radius 3 is 1.50 bits per heavy atom. The quantitative estimate of drug-likeness (QED) is 0.434. The molecule has 1 N–H and O–H groups in total. The van der Waals surface area contributed by atoms with Gasteiger partial charge >= 0.3 is 5.97 Å². The van der Waals surface area contributed by atoms with Crippen LogP contribution in [0.4, 0.5) is 0 Å². The number of nitrogens with zero attached hydrogens (tertiary/aromatic N) is 1. The van der Waals surface area contributed by atoms with E-state index in [0.29, 0.717) is 0 Å². The van der Waals surface area contributed by atoms with Crippen molar-refractivity contribution < 1.29 is 14.4 Å². The van der Waals surface area contributed by atoms with Gasteiger partial charge in [-0.2, -0.15) is 0 Å². The highest BCUT2D eigenvalue weighted by Gasteiger charge is 1.88. The number of carboxylic acids is 1. The molecular weight excluding hydrogens is 130 g/mol. The zero-order chi connectivity index (χ0) is 8.78. The first-order valence-electron chi connectivity index (χ1n) is 2.91. The molecule has 0 unspecified atom stereocenters. The van der Waals surface area contributed by atoms with E-state index in [4.69, 9.17) is 5.11 Å². The van der Waals surface area contributed by atoms with Gasteiger partial charge in [-0.3, -0.25) is 0 Å². The summed E-state index contributed by atoms with van der Waals surface area (Å²) >= 11 is 0. The van der Waals surface area contributed by atoms with E-state index in [1.165, 1.54) is 0 Å². The Morgan fingerprint density at radius 2 is 1.50 bits per heavy atom. The third-order valence-electron chi connectivity index (χ3n) is 0.175. The van der Waals surface area contributed by atoms with Crippen LogP contribution in [0, 0.1) is 0 Å². The van der Waals surface area contributed by atoms with Crippen LogP contribution in [0.2, 0.25) is 0 Å².